The predicted octanol–water partition coefficient (Wildman–Crippen LogP) is 3.33. The minimum Gasteiger partial charge on any atom is -0.385 e. The van der Waals surface area contributed by atoms with Gasteiger partial charge in [-0.1, -0.05) is 42.1 Å². The number of nitrogens with two attached hydrogens (primary N) is 1. The molecule has 0 radical (unpaired) electrons. The van der Waals surface area contributed by atoms with Gasteiger partial charge in [0.25, 0.3) is 0 Å². The summed E-state index contributed by atoms with van der Waals surface area (Å²) in [5.41, 5.74) is 5.75. The van der Waals surface area contributed by atoms with E-state index < -0.39 is 5.60 Å². The fourth-order valence-corrected chi connectivity index (χ4v) is 2.98. The van der Waals surface area contributed by atoms with Crippen LogP contribution in [-0.2, 0) is 5.60 Å². The Labute approximate surface area is 112 Å². The van der Waals surface area contributed by atoms with Crippen LogP contribution in [0.3, 0.4) is 0 Å². The molecule has 0 aliphatic heterocycles. The first-order valence-electron chi connectivity index (χ1n) is 5.96. The second-order valence-corrected chi connectivity index (χ2v) is 5.55. The zero-order valence-electron chi connectivity index (χ0n) is 9.63. The van der Waals surface area contributed by atoms with E-state index in [9.17, 15) is 5.11 Å². The molecule has 94 valence electrons. The van der Waals surface area contributed by atoms with Crippen molar-refractivity contribution in [3.05, 3.63) is 33.8 Å². The Morgan fingerprint density at radius 3 is 2.71 bits per heavy atom. The second kappa shape index (κ2) is 5.15. The third-order valence-electron chi connectivity index (χ3n) is 3.74. The molecule has 0 aromatic heterocycles. The van der Waals surface area contributed by atoms with Crippen LogP contribution >= 0.6 is 23.2 Å². The van der Waals surface area contributed by atoms with E-state index in [1.54, 1.807) is 12.1 Å². The molecule has 2 atom stereocenters. The topological polar surface area (TPSA) is 46.2 Å². The van der Waals surface area contributed by atoms with Gasteiger partial charge >= 0.3 is 0 Å². The Morgan fingerprint density at radius 1 is 1.29 bits per heavy atom. The summed E-state index contributed by atoms with van der Waals surface area (Å²) in [6.45, 7) is 0.497. The SMILES string of the molecule is NC[C@@H]1CCCC[C@@]1(O)c1ccc(Cl)c(Cl)c1. The summed E-state index contributed by atoms with van der Waals surface area (Å²) < 4.78 is 0. The smallest absolute Gasteiger partial charge is 0.0937 e. The highest BCUT2D eigenvalue weighted by Gasteiger charge is 2.39. The maximum atomic E-state index is 10.8. The van der Waals surface area contributed by atoms with Crippen molar-refractivity contribution in [2.45, 2.75) is 31.3 Å². The van der Waals surface area contributed by atoms with Crippen LogP contribution in [0.25, 0.3) is 0 Å². The van der Waals surface area contributed by atoms with E-state index in [1.165, 1.54) is 0 Å². The van der Waals surface area contributed by atoms with E-state index in [4.69, 9.17) is 28.9 Å². The van der Waals surface area contributed by atoms with Gasteiger partial charge in [0.15, 0.2) is 0 Å². The highest BCUT2D eigenvalue weighted by atomic mass is 35.5. The van der Waals surface area contributed by atoms with Gasteiger partial charge < -0.3 is 10.8 Å². The molecule has 1 fully saturated rings. The zero-order chi connectivity index (χ0) is 12.5. The third-order valence-corrected chi connectivity index (χ3v) is 4.48. The van der Waals surface area contributed by atoms with Gasteiger partial charge in [0.05, 0.1) is 15.6 Å². The summed E-state index contributed by atoms with van der Waals surface area (Å²) in [7, 11) is 0. The summed E-state index contributed by atoms with van der Waals surface area (Å²) in [4.78, 5) is 0. The van der Waals surface area contributed by atoms with Crippen LogP contribution in [0.1, 0.15) is 31.2 Å². The molecule has 0 saturated heterocycles. The van der Waals surface area contributed by atoms with Crippen molar-refractivity contribution < 1.29 is 5.11 Å². The Balaban J connectivity index is 2.37. The average molecular weight is 274 g/mol. The number of benzene rings is 1. The maximum absolute atomic E-state index is 10.8. The zero-order valence-corrected chi connectivity index (χ0v) is 11.1. The van der Waals surface area contributed by atoms with E-state index >= 15 is 0 Å². The molecular formula is C13H17Cl2NO. The molecule has 0 bridgehead atoms. The lowest BCUT2D eigenvalue weighted by Gasteiger charge is -2.40. The van der Waals surface area contributed by atoms with Crippen LogP contribution in [0.4, 0.5) is 0 Å². The van der Waals surface area contributed by atoms with Crippen LogP contribution in [0.2, 0.25) is 10.0 Å². The second-order valence-electron chi connectivity index (χ2n) is 4.73. The van der Waals surface area contributed by atoms with Crippen molar-refractivity contribution >= 4 is 23.2 Å². The van der Waals surface area contributed by atoms with Gasteiger partial charge in [-0.2, -0.15) is 0 Å². The van der Waals surface area contributed by atoms with Gasteiger partial charge in [-0.3, -0.25) is 0 Å². The monoisotopic (exact) mass is 273 g/mol. The van der Waals surface area contributed by atoms with Gasteiger partial charge in [-0.15, -0.1) is 0 Å². The van der Waals surface area contributed by atoms with Gasteiger partial charge in [0.2, 0.25) is 0 Å². The summed E-state index contributed by atoms with van der Waals surface area (Å²) >= 11 is 11.9. The average Bonchev–Trinajstić information content (AvgIpc) is 2.33. The summed E-state index contributed by atoms with van der Waals surface area (Å²) in [5.74, 6) is 0.105. The van der Waals surface area contributed by atoms with Crippen molar-refractivity contribution in [2.75, 3.05) is 6.54 Å². The number of hydrogen-bond acceptors (Lipinski definition) is 2. The minimum atomic E-state index is -0.846. The van der Waals surface area contributed by atoms with Crippen LogP contribution < -0.4 is 5.73 Å². The van der Waals surface area contributed by atoms with Gasteiger partial charge in [-0.25, -0.2) is 0 Å². The Bertz CT molecular complexity index is 410. The lowest BCUT2D eigenvalue weighted by atomic mass is 9.71. The molecule has 0 unspecified atom stereocenters. The van der Waals surface area contributed by atoms with Crippen LogP contribution in [0.15, 0.2) is 18.2 Å². The first-order valence-corrected chi connectivity index (χ1v) is 6.71. The summed E-state index contributed by atoms with van der Waals surface area (Å²) in [6.07, 6.45) is 3.86. The molecule has 2 nitrogen and oxygen atoms in total. The van der Waals surface area contributed by atoms with E-state index in [0.29, 0.717) is 16.6 Å². The molecule has 1 saturated carbocycles. The van der Waals surface area contributed by atoms with Crippen molar-refractivity contribution in [3.8, 4) is 0 Å². The third kappa shape index (κ3) is 2.45. The maximum Gasteiger partial charge on any atom is 0.0937 e. The Hall–Kier alpha value is -0.280. The van der Waals surface area contributed by atoms with E-state index in [1.807, 2.05) is 6.07 Å². The highest BCUT2D eigenvalue weighted by molar-refractivity contribution is 6.42. The predicted molar refractivity (Wildman–Crippen MR) is 71.4 cm³/mol. The molecule has 1 aliphatic rings. The molecule has 17 heavy (non-hydrogen) atoms. The molecule has 4 heteroatoms. The summed E-state index contributed by atoms with van der Waals surface area (Å²) in [5, 5.41) is 11.8. The fraction of sp³-hybridized carbons (Fsp3) is 0.538. The molecule has 0 amide bonds. The van der Waals surface area contributed by atoms with Crippen molar-refractivity contribution in [2.24, 2.45) is 11.7 Å². The fourth-order valence-electron chi connectivity index (χ4n) is 2.69. The molecule has 2 rings (SSSR count). The highest BCUT2D eigenvalue weighted by Crippen LogP contribution is 2.42. The minimum absolute atomic E-state index is 0.105. The van der Waals surface area contributed by atoms with Gasteiger partial charge in [-0.05, 0) is 37.1 Å². The molecule has 1 aromatic rings. The Morgan fingerprint density at radius 2 is 2.06 bits per heavy atom. The van der Waals surface area contributed by atoms with Crippen molar-refractivity contribution in [3.63, 3.8) is 0 Å². The number of halogens is 2. The van der Waals surface area contributed by atoms with E-state index in [0.717, 1.165) is 31.2 Å². The van der Waals surface area contributed by atoms with Gasteiger partial charge in [0, 0.05) is 5.92 Å². The van der Waals surface area contributed by atoms with Gasteiger partial charge in [0.1, 0.15) is 0 Å². The van der Waals surface area contributed by atoms with Crippen LogP contribution in [0.5, 0.6) is 0 Å². The normalized spacial score (nSPS) is 29.3. The van der Waals surface area contributed by atoms with Crippen molar-refractivity contribution in [1.82, 2.24) is 0 Å². The number of hydrogen-bond donors (Lipinski definition) is 2. The number of aliphatic hydroxyl groups is 1. The lowest BCUT2D eigenvalue weighted by Crippen LogP contribution is -2.41. The van der Waals surface area contributed by atoms with Crippen molar-refractivity contribution in [1.29, 1.82) is 0 Å². The summed E-state index contributed by atoms with van der Waals surface area (Å²) in [6, 6.07) is 5.35. The first-order chi connectivity index (χ1) is 8.08. The standard InChI is InChI=1S/C13H17Cl2NO/c14-11-5-4-9(7-12(11)15)13(17)6-2-1-3-10(13)8-16/h4-5,7,10,17H,1-3,6,8,16H2/t10-,13+/m0/s1. The van der Waals surface area contributed by atoms with Crippen LogP contribution in [-0.4, -0.2) is 11.7 Å². The quantitative estimate of drug-likeness (QED) is 0.868. The molecule has 3 N–H and O–H groups in total. The van der Waals surface area contributed by atoms with E-state index in [2.05, 4.69) is 0 Å². The molecule has 0 heterocycles. The molecule has 1 aliphatic carbocycles. The molecular weight excluding hydrogens is 257 g/mol. The first kappa shape index (κ1) is 13.2. The molecule has 0 spiro atoms. The largest absolute Gasteiger partial charge is 0.385 e. The number of rotatable bonds is 2. The lowest BCUT2D eigenvalue weighted by molar-refractivity contribution is -0.0506. The Kier molecular flexibility index (Phi) is 3.99. The van der Waals surface area contributed by atoms with E-state index in [-0.39, 0.29) is 5.92 Å². The molecule has 1 aromatic carbocycles. The van der Waals surface area contributed by atoms with Crippen LogP contribution in [0, 0.1) is 5.92 Å².